The van der Waals surface area contributed by atoms with E-state index in [2.05, 4.69) is 23.3 Å². The molecule has 0 aliphatic heterocycles. The van der Waals surface area contributed by atoms with Gasteiger partial charge in [-0.2, -0.15) is 5.01 Å². The lowest BCUT2D eigenvalue weighted by Gasteiger charge is -2.24. The van der Waals surface area contributed by atoms with Crippen LogP contribution in [0.15, 0.2) is 53.8 Å². The summed E-state index contributed by atoms with van der Waals surface area (Å²) in [4.78, 5) is 25.1. The lowest BCUT2D eigenvalue weighted by atomic mass is 10.00. The molecule has 1 aromatic carbocycles. The summed E-state index contributed by atoms with van der Waals surface area (Å²) in [5, 5.41) is 1.03. The fourth-order valence-corrected chi connectivity index (χ4v) is 2.91. The quantitative estimate of drug-likeness (QED) is 0.500. The van der Waals surface area contributed by atoms with Gasteiger partial charge in [0.1, 0.15) is 5.70 Å². The molecule has 1 aromatic rings. The molecule has 6 nitrogen and oxygen atoms in total. The van der Waals surface area contributed by atoms with Crippen LogP contribution in [0.3, 0.4) is 0 Å². The SMILES string of the molecule is CC(C)OC(=O)NN(C(=O)OC(C)C)/C(C#CC1=CCCCC1)=C/Cc1ccccc1. The third kappa shape index (κ3) is 9.00. The van der Waals surface area contributed by atoms with Crippen LogP contribution in [-0.4, -0.2) is 29.4 Å². The Morgan fingerprint density at radius 1 is 1.10 bits per heavy atom. The fraction of sp³-hybridized carbons (Fsp3) is 0.440. The number of rotatable bonds is 5. The van der Waals surface area contributed by atoms with Crippen molar-refractivity contribution in [1.29, 1.82) is 0 Å². The number of nitrogens with one attached hydrogen (secondary N) is 1. The molecule has 1 N–H and O–H groups in total. The van der Waals surface area contributed by atoms with Gasteiger partial charge < -0.3 is 9.47 Å². The smallest absolute Gasteiger partial charge is 0.434 e. The van der Waals surface area contributed by atoms with E-state index < -0.39 is 12.2 Å². The number of allylic oxidation sites excluding steroid dienone is 4. The van der Waals surface area contributed by atoms with Crippen molar-refractivity contribution in [2.75, 3.05) is 0 Å². The number of nitrogens with zero attached hydrogens (tertiary/aromatic N) is 1. The molecule has 166 valence electrons. The summed E-state index contributed by atoms with van der Waals surface area (Å²) in [6.45, 7) is 6.96. The van der Waals surface area contributed by atoms with Crippen LogP contribution in [0.5, 0.6) is 0 Å². The number of carbonyl (C=O) groups is 2. The van der Waals surface area contributed by atoms with E-state index in [1.54, 1.807) is 27.7 Å². The first-order valence-electron chi connectivity index (χ1n) is 10.8. The molecule has 2 rings (SSSR count). The largest absolute Gasteiger partial charge is 0.446 e. The van der Waals surface area contributed by atoms with Crippen molar-refractivity contribution in [2.45, 2.75) is 72.0 Å². The van der Waals surface area contributed by atoms with Crippen LogP contribution in [0.4, 0.5) is 9.59 Å². The average molecular weight is 425 g/mol. The lowest BCUT2D eigenvalue weighted by Crippen LogP contribution is -2.47. The third-order valence-electron chi connectivity index (χ3n) is 4.32. The van der Waals surface area contributed by atoms with Crippen molar-refractivity contribution in [2.24, 2.45) is 0 Å². The van der Waals surface area contributed by atoms with Crippen molar-refractivity contribution in [1.82, 2.24) is 10.4 Å². The minimum absolute atomic E-state index is 0.335. The van der Waals surface area contributed by atoms with Gasteiger partial charge in [0.05, 0.1) is 12.2 Å². The summed E-state index contributed by atoms with van der Waals surface area (Å²) in [6, 6.07) is 9.82. The molecule has 6 heteroatoms. The first kappa shape index (κ1) is 24.1. The van der Waals surface area contributed by atoms with Crippen LogP contribution in [0.2, 0.25) is 0 Å². The van der Waals surface area contributed by atoms with Crippen LogP contribution in [0.1, 0.15) is 58.9 Å². The van der Waals surface area contributed by atoms with E-state index in [0.717, 1.165) is 41.8 Å². The molecule has 0 bridgehead atoms. The minimum atomic E-state index is -0.750. The second-order valence-electron chi connectivity index (χ2n) is 7.84. The Labute approximate surface area is 185 Å². The van der Waals surface area contributed by atoms with Gasteiger partial charge >= 0.3 is 12.2 Å². The number of benzene rings is 1. The van der Waals surface area contributed by atoms with E-state index in [-0.39, 0.29) is 12.2 Å². The molecule has 0 atom stereocenters. The maximum Gasteiger partial charge on any atom is 0.434 e. The maximum absolute atomic E-state index is 12.8. The molecule has 0 saturated heterocycles. The van der Waals surface area contributed by atoms with E-state index in [1.807, 2.05) is 36.4 Å². The van der Waals surface area contributed by atoms with Gasteiger partial charge in [-0.3, -0.25) is 0 Å². The Balaban J connectivity index is 2.37. The summed E-state index contributed by atoms with van der Waals surface area (Å²) in [6.07, 6.45) is 6.49. The molecule has 0 heterocycles. The number of hydrogen-bond donors (Lipinski definition) is 1. The van der Waals surface area contributed by atoms with Crippen LogP contribution in [0.25, 0.3) is 0 Å². The highest BCUT2D eigenvalue weighted by molar-refractivity contribution is 5.76. The molecule has 0 radical (unpaired) electrons. The Bertz CT molecular complexity index is 861. The van der Waals surface area contributed by atoms with Crippen molar-refractivity contribution in [3.63, 3.8) is 0 Å². The molecular weight excluding hydrogens is 392 g/mol. The standard InChI is InChI=1S/C25H32N2O4/c1-19(2)30-24(28)26-27(25(29)31-20(3)4)23(17-15-21-11-7-5-8-12-21)18-16-22-13-9-6-10-14-22/h5,7-8,11-13,17,19-20H,6,9-10,14-15H2,1-4H3,(H,26,28)/b23-17+. The second-order valence-corrected chi connectivity index (χ2v) is 7.84. The Morgan fingerprint density at radius 3 is 2.42 bits per heavy atom. The molecule has 31 heavy (non-hydrogen) atoms. The van der Waals surface area contributed by atoms with Gasteiger partial charge in [-0.15, -0.1) is 0 Å². The van der Waals surface area contributed by atoms with Gasteiger partial charge in [0, 0.05) is 0 Å². The van der Waals surface area contributed by atoms with E-state index in [0.29, 0.717) is 12.1 Å². The molecule has 0 fully saturated rings. The Morgan fingerprint density at radius 2 is 1.81 bits per heavy atom. The zero-order valence-electron chi connectivity index (χ0n) is 18.8. The fourth-order valence-electron chi connectivity index (χ4n) is 2.91. The lowest BCUT2D eigenvalue weighted by molar-refractivity contribution is 0.0598. The topological polar surface area (TPSA) is 67.9 Å². The first-order chi connectivity index (χ1) is 14.8. The molecule has 1 aliphatic carbocycles. The van der Waals surface area contributed by atoms with E-state index in [4.69, 9.17) is 9.47 Å². The second kappa shape index (κ2) is 12.5. The normalized spacial score (nSPS) is 13.7. The highest BCUT2D eigenvalue weighted by Gasteiger charge is 2.23. The molecule has 0 saturated carbocycles. The van der Waals surface area contributed by atoms with Crippen LogP contribution in [-0.2, 0) is 15.9 Å². The summed E-state index contributed by atoms with van der Waals surface area (Å²) in [5.74, 6) is 6.23. The van der Waals surface area contributed by atoms with Crippen LogP contribution < -0.4 is 5.43 Å². The molecular formula is C25H32N2O4. The number of hydrazine groups is 1. The highest BCUT2D eigenvalue weighted by atomic mass is 16.6. The first-order valence-corrected chi connectivity index (χ1v) is 10.8. The number of ether oxygens (including phenoxy) is 2. The molecule has 0 spiro atoms. The molecule has 0 aromatic heterocycles. The van der Waals surface area contributed by atoms with E-state index >= 15 is 0 Å². The highest BCUT2D eigenvalue weighted by Crippen LogP contribution is 2.17. The molecule has 1 aliphatic rings. The van der Waals surface area contributed by atoms with E-state index in [9.17, 15) is 9.59 Å². The number of hydrogen-bond acceptors (Lipinski definition) is 4. The minimum Gasteiger partial charge on any atom is -0.446 e. The predicted octanol–water partition coefficient (Wildman–Crippen LogP) is 5.51. The molecule has 0 unspecified atom stereocenters. The van der Waals surface area contributed by atoms with Crippen molar-refractivity contribution >= 4 is 12.2 Å². The van der Waals surface area contributed by atoms with Gasteiger partial charge in [0.2, 0.25) is 0 Å². The zero-order chi connectivity index (χ0) is 22.6. The summed E-state index contributed by atoms with van der Waals surface area (Å²) >= 11 is 0. The van der Waals surface area contributed by atoms with Crippen LogP contribution in [0, 0.1) is 11.8 Å². The summed E-state index contributed by atoms with van der Waals surface area (Å²) < 4.78 is 10.5. The van der Waals surface area contributed by atoms with E-state index in [1.165, 1.54) is 0 Å². The maximum atomic E-state index is 12.8. The average Bonchev–Trinajstić information content (AvgIpc) is 2.73. The predicted molar refractivity (Wildman–Crippen MR) is 121 cm³/mol. The number of carbonyl (C=O) groups excluding carboxylic acids is 2. The van der Waals surface area contributed by atoms with Gasteiger partial charge in [0.25, 0.3) is 0 Å². The van der Waals surface area contributed by atoms with Crippen molar-refractivity contribution in [3.8, 4) is 11.8 Å². The monoisotopic (exact) mass is 424 g/mol. The van der Waals surface area contributed by atoms with Gasteiger partial charge in [-0.05, 0) is 82.9 Å². The van der Waals surface area contributed by atoms with Crippen molar-refractivity contribution < 1.29 is 19.1 Å². The van der Waals surface area contributed by atoms with Crippen LogP contribution >= 0.6 is 0 Å². The van der Waals surface area contributed by atoms with Gasteiger partial charge in [-0.25, -0.2) is 15.0 Å². The van der Waals surface area contributed by atoms with Gasteiger partial charge in [-0.1, -0.05) is 42.3 Å². The Hall–Kier alpha value is -3.20. The van der Waals surface area contributed by atoms with Crippen molar-refractivity contribution in [3.05, 3.63) is 59.3 Å². The zero-order valence-corrected chi connectivity index (χ0v) is 18.8. The summed E-state index contributed by atoms with van der Waals surface area (Å²) in [5.41, 5.74) is 4.92. The molecule has 2 amide bonds. The third-order valence-corrected chi connectivity index (χ3v) is 4.32. The van der Waals surface area contributed by atoms with Gasteiger partial charge in [0.15, 0.2) is 0 Å². The Kier molecular flexibility index (Phi) is 9.70. The summed E-state index contributed by atoms with van der Waals surface area (Å²) in [7, 11) is 0. The number of amides is 2.